The first kappa shape index (κ1) is 13.6. The summed E-state index contributed by atoms with van der Waals surface area (Å²) >= 11 is 13.4. The van der Waals surface area contributed by atoms with Gasteiger partial charge in [0.1, 0.15) is 11.3 Å². The summed E-state index contributed by atoms with van der Waals surface area (Å²) in [5.74, 6) is -0.427. The molecule has 0 bridgehead atoms. The summed E-state index contributed by atoms with van der Waals surface area (Å²) in [5.41, 5.74) is 4.15. The molecule has 0 amide bonds. The molecule has 0 spiro atoms. The average Bonchev–Trinajstić information content (AvgIpc) is 2.90. The van der Waals surface area contributed by atoms with Gasteiger partial charge in [0.05, 0.1) is 25.9 Å². The SMILES string of the molecule is Fc1cc(CNc2c(Cl)ccc3scnc23)ccc1Cl. The maximum absolute atomic E-state index is 13.4. The molecule has 0 aliphatic heterocycles. The Kier molecular flexibility index (Phi) is 3.78. The zero-order chi connectivity index (χ0) is 14.1. The van der Waals surface area contributed by atoms with Gasteiger partial charge in [-0.3, -0.25) is 0 Å². The van der Waals surface area contributed by atoms with Crippen molar-refractivity contribution in [3.05, 3.63) is 57.3 Å². The van der Waals surface area contributed by atoms with E-state index in [2.05, 4.69) is 10.3 Å². The Hall–Kier alpha value is -1.36. The van der Waals surface area contributed by atoms with Crippen molar-refractivity contribution in [3.8, 4) is 0 Å². The maximum Gasteiger partial charge on any atom is 0.142 e. The van der Waals surface area contributed by atoms with E-state index in [1.54, 1.807) is 29.0 Å². The van der Waals surface area contributed by atoms with Gasteiger partial charge in [-0.1, -0.05) is 29.3 Å². The Morgan fingerprint density at radius 2 is 1.95 bits per heavy atom. The van der Waals surface area contributed by atoms with Crippen LogP contribution in [-0.2, 0) is 6.54 Å². The smallest absolute Gasteiger partial charge is 0.142 e. The van der Waals surface area contributed by atoms with E-state index in [1.807, 2.05) is 12.1 Å². The second kappa shape index (κ2) is 5.56. The quantitative estimate of drug-likeness (QED) is 0.701. The lowest BCUT2D eigenvalue weighted by Gasteiger charge is -2.09. The summed E-state index contributed by atoms with van der Waals surface area (Å²) in [5, 5.41) is 3.92. The molecule has 0 saturated carbocycles. The van der Waals surface area contributed by atoms with Crippen molar-refractivity contribution in [3.63, 3.8) is 0 Å². The standard InChI is InChI=1S/C14H9Cl2FN2S/c15-9-2-1-8(5-11(9)17)6-18-13-10(16)3-4-12-14(13)19-7-20-12/h1-5,7,18H,6H2. The number of hydrogen-bond donors (Lipinski definition) is 1. The van der Waals surface area contributed by atoms with Crippen molar-refractivity contribution in [1.29, 1.82) is 0 Å². The van der Waals surface area contributed by atoms with Crippen LogP contribution in [0.15, 0.2) is 35.8 Å². The van der Waals surface area contributed by atoms with Crippen molar-refractivity contribution in [1.82, 2.24) is 4.98 Å². The van der Waals surface area contributed by atoms with E-state index in [0.29, 0.717) is 11.6 Å². The van der Waals surface area contributed by atoms with Crippen LogP contribution < -0.4 is 5.32 Å². The third kappa shape index (κ3) is 2.59. The van der Waals surface area contributed by atoms with E-state index < -0.39 is 5.82 Å². The molecule has 2 aromatic carbocycles. The third-order valence-electron chi connectivity index (χ3n) is 2.90. The Morgan fingerprint density at radius 1 is 1.15 bits per heavy atom. The number of thiazole rings is 1. The molecule has 1 aromatic heterocycles. The zero-order valence-corrected chi connectivity index (χ0v) is 12.5. The van der Waals surface area contributed by atoms with Gasteiger partial charge in [-0.15, -0.1) is 11.3 Å². The summed E-state index contributed by atoms with van der Waals surface area (Å²) in [6.45, 7) is 0.449. The highest BCUT2D eigenvalue weighted by atomic mass is 35.5. The summed E-state index contributed by atoms with van der Waals surface area (Å²) in [7, 11) is 0. The molecule has 1 N–H and O–H groups in total. The van der Waals surface area contributed by atoms with Crippen LogP contribution in [0, 0.1) is 5.82 Å². The van der Waals surface area contributed by atoms with Gasteiger partial charge in [0.25, 0.3) is 0 Å². The van der Waals surface area contributed by atoms with Crippen LogP contribution in [0.1, 0.15) is 5.56 Å². The number of anilines is 1. The molecule has 0 aliphatic carbocycles. The van der Waals surface area contributed by atoms with Gasteiger partial charge in [-0.2, -0.15) is 0 Å². The molecule has 1 heterocycles. The third-order valence-corrected chi connectivity index (χ3v) is 4.32. The first-order valence-corrected chi connectivity index (χ1v) is 7.48. The van der Waals surface area contributed by atoms with Crippen molar-refractivity contribution in [2.75, 3.05) is 5.32 Å². The highest BCUT2D eigenvalue weighted by molar-refractivity contribution is 7.16. The Balaban J connectivity index is 1.88. The van der Waals surface area contributed by atoms with E-state index in [-0.39, 0.29) is 5.02 Å². The predicted octanol–water partition coefficient (Wildman–Crippen LogP) is 5.35. The number of nitrogens with zero attached hydrogens (tertiary/aromatic N) is 1. The van der Waals surface area contributed by atoms with Crippen molar-refractivity contribution in [2.45, 2.75) is 6.54 Å². The minimum Gasteiger partial charge on any atom is -0.378 e. The monoisotopic (exact) mass is 326 g/mol. The van der Waals surface area contributed by atoms with Gasteiger partial charge >= 0.3 is 0 Å². The lowest BCUT2D eigenvalue weighted by atomic mass is 10.2. The molecule has 102 valence electrons. The molecule has 0 fully saturated rings. The fourth-order valence-electron chi connectivity index (χ4n) is 1.91. The molecule has 6 heteroatoms. The van der Waals surface area contributed by atoms with E-state index >= 15 is 0 Å². The van der Waals surface area contributed by atoms with Crippen LogP contribution >= 0.6 is 34.5 Å². The molecule has 0 unspecified atom stereocenters. The number of nitrogens with one attached hydrogen (secondary N) is 1. The van der Waals surface area contributed by atoms with Gasteiger partial charge in [0, 0.05) is 6.54 Å². The number of fused-ring (bicyclic) bond motifs is 1. The lowest BCUT2D eigenvalue weighted by Crippen LogP contribution is -2.01. The fraction of sp³-hybridized carbons (Fsp3) is 0.0714. The number of hydrogen-bond acceptors (Lipinski definition) is 3. The van der Waals surface area contributed by atoms with Gasteiger partial charge in [-0.05, 0) is 29.8 Å². The van der Waals surface area contributed by atoms with Crippen LogP contribution in [0.4, 0.5) is 10.1 Å². The second-order valence-electron chi connectivity index (χ2n) is 4.22. The summed E-state index contributed by atoms with van der Waals surface area (Å²) in [6, 6.07) is 8.48. The number of rotatable bonds is 3. The lowest BCUT2D eigenvalue weighted by molar-refractivity contribution is 0.626. The largest absolute Gasteiger partial charge is 0.378 e. The molecule has 2 nitrogen and oxygen atoms in total. The highest BCUT2D eigenvalue weighted by Gasteiger charge is 2.09. The first-order chi connectivity index (χ1) is 9.65. The van der Waals surface area contributed by atoms with Gasteiger partial charge in [0.2, 0.25) is 0 Å². The minimum absolute atomic E-state index is 0.119. The molecular weight excluding hydrogens is 318 g/mol. The van der Waals surface area contributed by atoms with Crippen LogP contribution in [0.2, 0.25) is 10.0 Å². The van der Waals surface area contributed by atoms with Crippen molar-refractivity contribution >= 4 is 50.4 Å². The summed E-state index contributed by atoms with van der Waals surface area (Å²) < 4.78 is 14.4. The Labute approximate surface area is 129 Å². The zero-order valence-electron chi connectivity index (χ0n) is 10.2. The Morgan fingerprint density at radius 3 is 2.75 bits per heavy atom. The van der Waals surface area contributed by atoms with E-state index in [9.17, 15) is 4.39 Å². The normalized spacial score (nSPS) is 10.9. The fourth-order valence-corrected chi connectivity index (χ4v) is 2.94. The molecule has 0 aliphatic rings. The molecule has 0 radical (unpaired) electrons. The van der Waals surface area contributed by atoms with Crippen LogP contribution in [0.5, 0.6) is 0 Å². The van der Waals surface area contributed by atoms with E-state index in [1.165, 1.54) is 6.07 Å². The highest BCUT2D eigenvalue weighted by Crippen LogP contribution is 2.32. The topological polar surface area (TPSA) is 24.9 Å². The number of benzene rings is 2. The van der Waals surface area contributed by atoms with Crippen LogP contribution in [-0.4, -0.2) is 4.98 Å². The van der Waals surface area contributed by atoms with Gasteiger partial charge in [0.15, 0.2) is 0 Å². The van der Waals surface area contributed by atoms with Gasteiger partial charge < -0.3 is 5.32 Å². The summed E-state index contributed by atoms with van der Waals surface area (Å²) in [4.78, 5) is 4.30. The number of aromatic nitrogens is 1. The van der Waals surface area contributed by atoms with E-state index in [4.69, 9.17) is 23.2 Å². The first-order valence-electron chi connectivity index (χ1n) is 5.84. The van der Waals surface area contributed by atoms with Crippen LogP contribution in [0.3, 0.4) is 0 Å². The number of halogens is 3. The summed E-state index contributed by atoms with van der Waals surface area (Å²) in [6.07, 6.45) is 0. The molecular formula is C14H9Cl2FN2S. The van der Waals surface area contributed by atoms with Crippen LogP contribution in [0.25, 0.3) is 10.2 Å². The van der Waals surface area contributed by atoms with Crippen molar-refractivity contribution in [2.24, 2.45) is 0 Å². The van der Waals surface area contributed by atoms with Gasteiger partial charge in [-0.25, -0.2) is 9.37 Å². The molecule has 3 aromatic rings. The van der Waals surface area contributed by atoms with Crippen molar-refractivity contribution < 1.29 is 4.39 Å². The molecule has 0 saturated heterocycles. The minimum atomic E-state index is -0.427. The van der Waals surface area contributed by atoms with E-state index in [0.717, 1.165) is 21.5 Å². The molecule has 20 heavy (non-hydrogen) atoms. The predicted molar refractivity (Wildman–Crippen MR) is 83.4 cm³/mol. The Bertz CT molecular complexity index is 773. The maximum atomic E-state index is 13.4. The molecule has 3 rings (SSSR count). The second-order valence-corrected chi connectivity index (χ2v) is 5.92. The average molecular weight is 327 g/mol. The molecule has 0 atom stereocenters.